The molecule has 2 heteroatoms. The Hall–Kier alpha value is -0.603. The fraction of sp³-hybridized carbons (Fsp3) is 0.647. The highest BCUT2D eigenvalue weighted by Gasteiger charge is 2.35. The summed E-state index contributed by atoms with van der Waals surface area (Å²) in [6, 6.07) is 13.0. The van der Waals surface area contributed by atoms with Crippen LogP contribution in [0.2, 0.25) is 25.7 Å². The molecule has 0 aliphatic heterocycles. The number of hydrogen-bond acceptors (Lipinski definition) is 1. The van der Waals surface area contributed by atoms with Crippen molar-refractivity contribution in [1.29, 1.82) is 0 Å². The molecule has 1 aromatic rings. The van der Waals surface area contributed by atoms with Gasteiger partial charge in [0, 0.05) is 26.1 Å². The zero-order chi connectivity index (χ0) is 14.5. The van der Waals surface area contributed by atoms with Gasteiger partial charge in [0.05, 0.1) is 0 Å². The Morgan fingerprint density at radius 3 is 2.11 bits per heavy atom. The maximum Gasteiger partial charge on any atom is 0.0451 e. The lowest BCUT2D eigenvalue weighted by molar-refractivity contribution is 0.393. The summed E-state index contributed by atoms with van der Waals surface area (Å²) < 4.78 is 0. The van der Waals surface area contributed by atoms with Crippen LogP contribution >= 0.6 is 0 Å². The summed E-state index contributed by atoms with van der Waals surface area (Å²) in [5, 5.41) is 3.68. The van der Waals surface area contributed by atoms with E-state index < -0.39 is 8.07 Å². The molecule has 0 spiro atoms. The summed E-state index contributed by atoms with van der Waals surface area (Å²) in [6.07, 6.45) is 1.21. The lowest BCUT2D eigenvalue weighted by Crippen LogP contribution is -2.45. The molecule has 0 amide bonds. The summed E-state index contributed by atoms with van der Waals surface area (Å²) in [5.41, 5.74) is 1.81. The van der Waals surface area contributed by atoms with Gasteiger partial charge in [-0.3, -0.25) is 0 Å². The van der Waals surface area contributed by atoms with E-state index in [0.29, 0.717) is 11.5 Å². The van der Waals surface area contributed by atoms with E-state index in [1.807, 2.05) is 0 Å². The zero-order valence-electron chi connectivity index (χ0n) is 13.6. The number of hydrogen-bond donors (Lipinski definition) is 1. The van der Waals surface area contributed by atoms with E-state index in [-0.39, 0.29) is 0 Å². The maximum atomic E-state index is 3.68. The van der Waals surface area contributed by atoms with Crippen molar-refractivity contribution in [2.45, 2.75) is 64.3 Å². The van der Waals surface area contributed by atoms with Crippen LogP contribution < -0.4 is 5.32 Å². The molecular formula is C17H31NSi. The Labute approximate surface area is 120 Å². The van der Waals surface area contributed by atoms with Gasteiger partial charge in [-0.2, -0.15) is 0 Å². The summed E-state index contributed by atoms with van der Waals surface area (Å²) in [6.45, 7) is 15.4. The maximum absolute atomic E-state index is 3.68. The Bertz CT molecular complexity index is 367. The minimum absolute atomic E-state index is 0.302. The van der Waals surface area contributed by atoms with Gasteiger partial charge in [0.2, 0.25) is 0 Å². The highest BCUT2D eigenvalue weighted by Crippen LogP contribution is 2.36. The fourth-order valence-electron chi connectivity index (χ4n) is 2.93. The van der Waals surface area contributed by atoms with Crippen LogP contribution in [0, 0.1) is 0 Å². The molecule has 1 aromatic carbocycles. The average molecular weight is 278 g/mol. The first-order valence-electron chi connectivity index (χ1n) is 7.58. The summed E-state index contributed by atoms with van der Waals surface area (Å²) >= 11 is 0. The topological polar surface area (TPSA) is 12.0 Å². The Balaban J connectivity index is 3.06. The molecule has 0 aliphatic rings. The molecule has 1 atom stereocenters. The summed E-state index contributed by atoms with van der Waals surface area (Å²) in [7, 11) is -1.11. The first-order valence-corrected chi connectivity index (χ1v) is 11.3. The molecule has 108 valence electrons. The van der Waals surface area contributed by atoms with E-state index in [1.54, 1.807) is 0 Å². The predicted molar refractivity (Wildman–Crippen MR) is 89.7 cm³/mol. The molecule has 0 fully saturated rings. The Kier molecular flexibility index (Phi) is 5.81. The van der Waals surface area contributed by atoms with Gasteiger partial charge in [0.25, 0.3) is 0 Å². The molecule has 1 nitrogen and oxygen atoms in total. The van der Waals surface area contributed by atoms with E-state index in [2.05, 4.69) is 76.1 Å². The van der Waals surface area contributed by atoms with Crippen molar-refractivity contribution in [3.05, 3.63) is 35.9 Å². The van der Waals surface area contributed by atoms with E-state index in [4.69, 9.17) is 0 Å². The van der Waals surface area contributed by atoms with E-state index in [0.717, 1.165) is 6.54 Å². The zero-order valence-corrected chi connectivity index (χ0v) is 14.6. The predicted octanol–water partition coefficient (Wildman–Crippen LogP) is 4.67. The third-order valence-electron chi connectivity index (χ3n) is 3.78. The van der Waals surface area contributed by atoms with Crippen LogP contribution in [-0.2, 0) is 5.41 Å². The molecule has 0 aromatic heterocycles. The largest absolute Gasteiger partial charge is 0.314 e. The Morgan fingerprint density at radius 1 is 1.11 bits per heavy atom. The van der Waals surface area contributed by atoms with Crippen LogP contribution in [0.25, 0.3) is 0 Å². The standard InChI is InChI=1S/C17H31NSi/c1-7-17(13-18-15(2)3,14-19(4,5)6)16-11-9-8-10-12-16/h8-12,15,18H,7,13-14H2,1-6H3. The summed E-state index contributed by atoms with van der Waals surface area (Å²) in [5.74, 6) is 0. The monoisotopic (exact) mass is 277 g/mol. The minimum atomic E-state index is -1.11. The van der Waals surface area contributed by atoms with Gasteiger partial charge >= 0.3 is 0 Å². The minimum Gasteiger partial charge on any atom is -0.314 e. The van der Waals surface area contributed by atoms with Crippen molar-refractivity contribution in [3.63, 3.8) is 0 Å². The van der Waals surface area contributed by atoms with Gasteiger partial charge in [-0.1, -0.05) is 70.7 Å². The van der Waals surface area contributed by atoms with Gasteiger partial charge in [-0.15, -0.1) is 0 Å². The fourth-order valence-corrected chi connectivity index (χ4v) is 5.54. The van der Waals surface area contributed by atoms with Crippen LogP contribution in [0.1, 0.15) is 32.8 Å². The van der Waals surface area contributed by atoms with Gasteiger partial charge in [-0.05, 0) is 18.0 Å². The molecule has 0 aliphatic carbocycles. The average Bonchev–Trinajstić information content (AvgIpc) is 2.34. The van der Waals surface area contributed by atoms with Crippen LogP contribution in [0.3, 0.4) is 0 Å². The molecule has 0 saturated heterocycles. The quantitative estimate of drug-likeness (QED) is 0.714. The first kappa shape index (κ1) is 16.5. The SMILES string of the molecule is CCC(CNC(C)C)(C[Si](C)(C)C)c1ccccc1. The third-order valence-corrected chi connectivity index (χ3v) is 5.52. The number of benzene rings is 1. The van der Waals surface area contributed by atoms with Gasteiger partial charge in [0.15, 0.2) is 0 Å². The van der Waals surface area contributed by atoms with E-state index in [1.165, 1.54) is 18.0 Å². The lowest BCUT2D eigenvalue weighted by Gasteiger charge is -2.39. The van der Waals surface area contributed by atoms with Crippen molar-refractivity contribution in [1.82, 2.24) is 5.32 Å². The van der Waals surface area contributed by atoms with Gasteiger partial charge in [-0.25, -0.2) is 0 Å². The van der Waals surface area contributed by atoms with Crippen molar-refractivity contribution >= 4 is 8.07 Å². The molecule has 0 radical (unpaired) electrons. The van der Waals surface area contributed by atoms with E-state index >= 15 is 0 Å². The molecule has 1 N–H and O–H groups in total. The molecule has 0 heterocycles. The molecule has 1 unspecified atom stereocenters. The second-order valence-corrected chi connectivity index (χ2v) is 12.7. The number of rotatable bonds is 7. The van der Waals surface area contributed by atoms with Crippen molar-refractivity contribution < 1.29 is 0 Å². The molecule has 0 bridgehead atoms. The Morgan fingerprint density at radius 2 is 1.68 bits per heavy atom. The van der Waals surface area contributed by atoms with Crippen molar-refractivity contribution in [2.75, 3.05) is 6.54 Å². The highest BCUT2D eigenvalue weighted by atomic mass is 28.3. The molecule has 19 heavy (non-hydrogen) atoms. The molecule has 1 rings (SSSR count). The molecule has 0 saturated carbocycles. The highest BCUT2D eigenvalue weighted by molar-refractivity contribution is 6.76. The summed E-state index contributed by atoms with van der Waals surface area (Å²) in [4.78, 5) is 0. The second kappa shape index (κ2) is 6.71. The first-order chi connectivity index (χ1) is 8.79. The van der Waals surface area contributed by atoms with Crippen LogP contribution in [0.5, 0.6) is 0 Å². The van der Waals surface area contributed by atoms with Crippen molar-refractivity contribution in [2.24, 2.45) is 0 Å². The van der Waals surface area contributed by atoms with Gasteiger partial charge in [0.1, 0.15) is 0 Å². The van der Waals surface area contributed by atoms with Crippen molar-refractivity contribution in [3.8, 4) is 0 Å². The smallest absolute Gasteiger partial charge is 0.0451 e. The number of nitrogens with one attached hydrogen (secondary N) is 1. The van der Waals surface area contributed by atoms with E-state index in [9.17, 15) is 0 Å². The second-order valence-electron chi connectivity index (χ2n) is 7.27. The van der Waals surface area contributed by atoms with Crippen LogP contribution in [0.4, 0.5) is 0 Å². The lowest BCUT2D eigenvalue weighted by atomic mass is 9.79. The van der Waals surface area contributed by atoms with Gasteiger partial charge < -0.3 is 5.32 Å². The van der Waals surface area contributed by atoms with Crippen LogP contribution in [0.15, 0.2) is 30.3 Å². The third kappa shape index (κ3) is 5.11. The normalized spacial score (nSPS) is 15.5. The van der Waals surface area contributed by atoms with Crippen LogP contribution in [-0.4, -0.2) is 20.7 Å². The molecular weight excluding hydrogens is 246 g/mol.